The van der Waals surface area contributed by atoms with Gasteiger partial charge in [-0.15, -0.1) is 0 Å². The highest BCUT2D eigenvalue weighted by Crippen LogP contribution is 2.33. The molecule has 0 amide bonds. The largest absolute Gasteiger partial charge is 0.488 e. The molecule has 0 aliphatic heterocycles. The molecule has 1 aliphatic rings. The first-order chi connectivity index (χ1) is 7.02. The van der Waals surface area contributed by atoms with Gasteiger partial charge in [0.25, 0.3) is 0 Å². The zero-order valence-electron chi connectivity index (χ0n) is 7.90. The molecule has 0 heterocycles. The fourth-order valence-electron chi connectivity index (χ4n) is 1.15. The summed E-state index contributed by atoms with van der Waals surface area (Å²) in [5.74, 6) is -2.00. The first-order valence-corrected chi connectivity index (χ1v) is 5.36. The van der Waals surface area contributed by atoms with E-state index in [0.29, 0.717) is 0 Å². The van der Waals surface area contributed by atoms with Crippen molar-refractivity contribution in [1.29, 1.82) is 0 Å². The highest BCUT2D eigenvalue weighted by molar-refractivity contribution is 9.10. The van der Waals surface area contributed by atoms with Crippen LogP contribution in [0.1, 0.15) is 12.8 Å². The van der Waals surface area contributed by atoms with Crippen molar-refractivity contribution in [1.82, 2.24) is 0 Å². The second kappa shape index (κ2) is 3.72. The lowest BCUT2D eigenvalue weighted by molar-refractivity contribution is 0.263. The molecular weight excluding hydrogens is 268 g/mol. The highest BCUT2D eigenvalue weighted by atomic mass is 79.9. The van der Waals surface area contributed by atoms with Crippen LogP contribution < -0.4 is 10.5 Å². The molecular formula is C10H10BrF2NO. The minimum Gasteiger partial charge on any atom is -0.488 e. The smallest absolute Gasteiger partial charge is 0.201 e. The molecule has 0 spiro atoms. The summed E-state index contributed by atoms with van der Waals surface area (Å²) < 4.78 is 31.6. The van der Waals surface area contributed by atoms with Crippen LogP contribution in [0.5, 0.6) is 5.75 Å². The van der Waals surface area contributed by atoms with Gasteiger partial charge in [-0.1, -0.05) is 0 Å². The second-order valence-corrected chi connectivity index (χ2v) is 4.68. The number of halogens is 3. The van der Waals surface area contributed by atoms with E-state index < -0.39 is 11.6 Å². The van der Waals surface area contributed by atoms with E-state index in [1.165, 1.54) is 12.1 Å². The van der Waals surface area contributed by atoms with Crippen molar-refractivity contribution < 1.29 is 13.5 Å². The lowest BCUT2D eigenvalue weighted by Gasteiger charge is -2.12. The number of benzene rings is 1. The maximum atomic E-state index is 13.3. The average molecular weight is 278 g/mol. The molecule has 1 aliphatic carbocycles. The van der Waals surface area contributed by atoms with E-state index in [0.717, 1.165) is 12.8 Å². The predicted octanol–water partition coefficient (Wildman–Crippen LogP) is 2.60. The zero-order valence-corrected chi connectivity index (χ0v) is 9.48. The minimum absolute atomic E-state index is 0.0845. The SMILES string of the molecule is NC1(COc2ccc(Br)c(F)c2F)CC1. The van der Waals surface area contributed by atoms with Crippen molar-refractivity contribution >= 4 is 15.9 Å². The number of hydrogen-bond donors (Lipinski definition) is 1. The molecule has 1 aromatic carbocycles. The summed E-state index contributed by atoms with van der Waals surface area (Å²) in [5, 5.41) is 0. The Labute approximate surface area is 94.5 Å². The first-order valence-electron chi connectivity index (χ1n) is 4.57. The lowest BCUT2D eigenvalue weighted by atomic mass is 10.3. The van der Waals surface area contributed by atoms with E-state index in [1.54, 1.807) is 0 Å². The molecule has 0 bridgehead atoms. The Kier molecular flexibility index (Phi) is 2.68. The number of nitrogens with two attached hydrogens (primary N) is 1. The summed E-state index contributed by atoms with van der Waals surface area (Å²) in [7, 11) is 0. The molecule has 0 radical (unpaired) electrons. The van der Waals surface area contributed by atoms with Crippen molar-refractivity contribution in [2.45, 2.75) is 18.4 Å². The third kappa shape index (κ3) is 2.29. The number of ether oxygens (including phenoxy) is 1. The Morgan fingerprint density at radius 3 is 2.60 bits per heavy atom. The van der Waals surface area contributed by atoms with E-state index in [1.807, 2.05) is 0 Å². The number of hydrogen-bond acceptors (Lipinski definition) is 2. The molecule has 0 saturated heterocycles. The monoisotopic (exact) mass is 277 g/mol. The van der Waals surface area contributed by atoms with Gasteiger partial charge >= 0.3 is 0 Å². The average Bonchev–Trinajstić information content (AvgIpc) is 2.93. The van der Waals surface area contributed by atoms with Gasteiger partial charge in [-0.05, 0) is 40.9 Å². The van der Waals surface area contributed by atoms with Gasteiger partial charge < -0.3 is 10.5 Å². The molecule has 0 atom stereocenters. The van der Waals surface area contributed by atoms with Crippen LogP contribution >= 0.6 is 15.9 Å². The highest BCUT2D eigenvalue weighted by Gasteiger charge is 2.39. The first kappa shape index (κ1) is 10.8. The van der Waals surface area contributed by atoms with E-state index >= 15 is 0 Å². The third-order valence-electron chi connectivity index (χ3n) is 2.41. The van der Waals surface area contributed by atoms with Crippen molar-refractivity contribution in [2.24, 2.45) is 5.73 Å². The van der Waals surface area contributed by atoms with Gasteiger partial charge in [0.05, 0.1) is 10.0 Å². The third-order valence-corrected chi connectivity index (χ3v) is 3.02. The minimum atomic E-state index is -0.978. The number of rotatable bonds is 3. The van der Waals surface area contributed by atoms with Crippen LogP contribution in [0.4, 0.5) is 8.78 Å². The van der Waals surface area contributed by atoms with Crippen LogP contribution in [0.2, 0.25) is 0 Å². The molecule has 5 heteroatoms. The maximum Gasteiger partial charge on any atom is 0.201 e. The molecule has 0 aromatic heterocycles. The van der Waals surface area contributed by atoms with E-state index in [4.69, 9.17) is 10.5 Å². The normalized spacial score (nSPS) is 17.6. The molecule has 0 unspecified atom stereocenters. The van der Waals surface area contributed by atoms with Crippen LogP contribution in [0.25, 0.3) is 0 Å². The van der Waals surface area contributed by atoms with Gasteiger partial charge in [-0.3, -0.25) is 0 Å². The van der Waals surface area contributed by atoms with Crippen molar-refractivity contribution in [3.8, 4) is 5.75 Å². The quantitative estimate of drug-likeness (QED) is 0.862. The van der Waals surface area contributed by atoms with Gasteiger partial charge in [0.1, 0.15) is 6.61 Å². The summed E-state index contributed by atoms with van der Waals surface area (Å²) >= 11 is 2.89. The van der Waals surface area contributed by atoms with Gasteiger partial charge in [0, 0.05) is 0 Å². The summed E-state index contributed by atoms with van der Waals surface area (Å²) in [6, 6.07) is 2.79. The molecule has 1 aromatic rings. The van der Waals surface area contributed by atoms with E-state index in [9.17, 15) is 8.78 Å². The summed E-state index contributed by atoms with van der Waals surface area (Å²) in [4.78, 5) is 0. The Morgan fingerprint density at radius 2 is 2.00 bits per heavy atom. The zero-order chi connectivity index (χ0) is 11.1. The van der Waals surface area contributed by atoms with Crippen LogP contribution in [-0.2, 0) is 0 Å². The lowest BCUT2D eigenvalue weighted by Crippen LogP contribution is -2.30. The van der Waals surface area contributed by atoms with Crippen molar-refractivity contribution in [3.63, 3.8) is 0 Å². The van der Waals surface area contributed by atoms with E-state index in [-0.39, 0.29) is 22.4 Å². The molecule has 2 rings (SSSR count). The van der Waals surface area contributed by atoms with Crippen molar-refractivity contribution in [3.05, 3.63) is 28.2 Å². The van der Waals surface area contributed by atoms with Gasteiger partial charge in [0.15, 0.2) is 11.6 Å². The second-order valence-electron chi connectivity index (χ2n) is 3.82. The standard InChI is InChI=1S/C10H10BrF2NO/c11-6-1-2-7(9(13)8(6)12)15-5-10(14)3-4-10/h1-2H,3-5,14H2. The molecule has 82 valence electrons. The maximum absolute atomic E-state index is 13.3. The summed E-state index contributed by atoms with van der Waals surface area (Å²) in [6.45, 7) is 0.227. The van der Waals surface area contributed by atoms with Crippen LogP contribution in [0.15, 0.2) is 16.6 Å². The van der Waals surface area contributed by atoms with Crippen LogP contribution in [0.3, 0.4) is 0 Å². The fourth-order valence-corrected chi connectivity index (χ4v) is 1.45. The topological polar surface area (TPSA) is 35.2 Å². The summed E-state index contributed by atoms with van der Waals surface area (Å²) in [6.07, 6.45) is 1.74. The summed E-state index contributed by atoms with van der Waals surface area (Å²) in [5.41, 5.74) is 5.42. The van der Waals surface area contributed by atoms with Gasteiger partial charge in [0.2, 0.25) is 5.82 Å². The Morgan fingerprint density at radius 1 is 1.33 bits per heavy atom. The van der Waals surface area contributed by atoms with E-state index in [2.05, 4.69) is 15.9 Å². The van der Waals surface area contributed by atoms with Crippen molar-refractivity contribution in [2.75, 3.05) is 6.61 Å². The van der Waals surface area contributed by atoms with Crippen LogP contribution in [-0.4, -0.2) is 12.1 Å². The molecule has 1 fully saturated rings. The molecule has 1 saturated carbocycles. The van der Waals surface area contributed by atoms with Gasteiger partial charge in [-0.2, -0.15) is 4.39 Å². The Hall–Kier alpha value is -0.680. The molecule has 15 heavy (non-hydrogen) atoms. The molecule has 2 N–H and O–H groups in total. The predicted molar refractivity (Wildman–Crippen MR) is 55.7 cm³/mol. The fraction of sp³-hybridized carbons (Fsp3) is 0.400. The Bertz CT molecular complexity index is 393. The van der Waals surface area contributed by atoms with Gasteiger partial charge in [-0.25, -0.2) is 4.39 Å². The molecule has 2 nitrogen and oxygen atoms in total. The van der Waals surface area contributed by atoms with Crippen LogP contribution in [0, 0.1) is 11.6 Å². The Balaban J connectivity index is 2.11.